The number of carbonyl (C=O) groups is 1. The van der Waals surface area contributed by atoms with E-state index in [0.717, 1.165) is 69.6 Å². The van der Waals surface area contributed by atoms with Crippen molar-refractivity contribution in [1.82, 2.24) is 4.90 Å². The molecule has 1 amide bonds. The van der Waals surface area contributed by atoms with Crippen molar-refractivity contribution in [1.29, 1.82) is 0 Å². The minimum absolute atomic E-state index is 0.0941. The Labute approximate surface area is 220 Å². The normalized spacial score (nSPS) is 17.9. The van der Waals surface area contributed by atoms with E-state index in [1.54, 1.807) is 0 Å². The lowest BCUT2D eigenvalue weighted by Crippen LogP contribution is -2.44. The van der Waals surface area contributed by atoms with Crippen LogP contribution in [0.2, 0.25) is 0 Å². The molecule has 5 heteroatoms. The number of hydrogen-bond donors (Lipinski definition) is 1. The summed E-state index contributed by atoms with van der Waals surface area (Å²) in [6, 6.07) is 28.0. The quantitative estimate of drug-likeness (QED) is 0.323. The minimum atomic E-state index is -0.374. The average molecular weight is 499 g/mol. The van der Waals surface area contributed by atoms with Crippen LogP contribution in [0.25, 0.3) is 0 Å². The van der Waals surface area contributed by atoms with Gasteiger partial charge in [0.05, 0.1) is 11.8 Å². The van der Waals surface area contributed by atoms with Gasteiger partial charge in [-0.15, -0.1) is 0 Å². The van der Waals surface area contributed by atoms with Gasteiger partial charge in [-0.1, -0.05) is 73.7 Å². The molecule has 0 aliphatic carbocycles. The van der Waals surface area contributed by atoms with E-state index in [9.17, 15) is 4.79 Å². The number of aryl methyl sites for hydroxylation is 1. The molecule has 2 aliphatic rings. The summed E-state index contributed by atoms with van der Waals surface area (Å²) >= 11 is 0. The molecule has 1 N–H and O–H groups in total. The van der Waals surface area contributed by atoms with Crippen LogP contribution in [-0.4, -0.2) is 30.7 Å². The van der Waals surface area contributed by atoms with Gasteiger partial charge in [0.15, 0.2) is 0 Å². The van der Waals surface area contributed by atoms with E-state index in [0.29, 0.717) is 6.61 Å². The molecule has 1 atom stereocenters. The van der Waals surface area contributed by atoms with Crippen LogP contribution in [0.5, 0.6) is 0 Å². The van der Waals surface area contributed by atoms with Crippen LogP contribution in [0.1, 0.15) is 61.0 Å². The van der Waals surface area contributed by atoms with Crippen molar-refractivity contribution in [2.24, 2.45) is 5.41 Å². The first-order valence-corrected chi connectivity index (χ1v) is 13.6. The van der Waals surface area contributed by atoms with Crippen LogP contribution >= 0.6 is 0 Å². The summed E-state index contributed by atoms with van der Waals surface area (Å²) in [5, 5.41) is 2.79. The van der Waals surface area contributed by atoms with Crippen molar-refractivity contribution in [3.8, 4) is 0 Å². The van der Waals surface area contributed by atoms with Gasteiger partial charge in [-0.25, -0.2) is 4.79 Å². The van der Waals surface area contributed by atoms with Crippen molar-refractivity contribution in [2.75, 3.05) is 25.0 Å². The molecule has 2 aliphatic heterocycles. The van der Waals surface area contributed by atoms with E-state index >= 15 is 0 Å². The molecule has 3 aromatic rings. The van der Waals surface area contributed by atoms with Gasteiger partial charge < -0.3 is 9.47 Å². The third kappa shape index (κ3) is 6.23. The van der Waals surface area contributed by atoms with Crippen molar-refractivity contribution in [3.63, 3.8) is 0 Å². The maximum absolute atomic E-state index is 11.5. The summed E-state index contributed by atoms with van der Waals surface area (Å²) < 4.78 is 11.8. The fraction of sp³-hybridized carbons (Fsp3) is 0.406. The monoisotopic (exact) mass is 498 g/mol. The van der Waals surface area contributed by atoms with Gasteiger partial charge in [0.1, 0.15) is 6.61 Å². The molecule has 5 rings (SSSR count). The van der Waals surface area contributed by atoms with Crippen molar-refractivity contribution >= 4 is 11.8 Å². The molecule has 0 spiro atoms. The number of rotatable bonds is 10. The summed E-state index contributed by atoms with van der Waals surface area (Å²) in [5.41, 5.74) is 5.96. The maximum atomic E-state index is 11.5. The van der Waals surface area contributed by atoms with E-state index in [1.165, 1.54) is 16.7 Å². The van der Waals surface area contributed by atoms with Crippen LogP contribution in [-0.2, 0) is 29.0 Å². The predicted molar refractivity (Wildman–Crippen MR) is 147 cm³/mol. The second kappa shape index (κ2) is 11.9. The topological polar surface area (TPSA) is 50.8 Å². The number of piperidine rings is 1. The van der Waals surface area contributed by atoms with Crippen LogP contribution in [0, 0.1) is 5.41 Å². The molecule has 37 heavy (non-hydrogen) atoms. The number of carbonyl (C=O) groups excluding carboxylic acids is 1. The molecule has 1 fully saturated rings. The number of benzene rings is 3. The number of nitrogens with one attached hydrogen (secondary N) is 1. The summed E-state index contributed by atoms with van der Waals surface area (Å²) in [7, 11) is 0. The number of amides is 1. The molecule has 194 valence electrons. The highest BCUT2D eigenvalue weighted by molar-refractivity contribution is 5.87. The summed E-state index contributed by atoms with van der Waals surface area (Å²) in [5.74, 6) is 0. The van der Waals surface area contributed by atoms with E-state index < -0.39 is 0 Å². The van der Waals surface area contributed by atoms with Crippen LogP contribution in [0.3, 0.4) is 0 Å². The SMILES string of the molecule is CCCOC(c1ccccc1)C1(CCc2ccccc2)CCN(Cc2ccc3c(c2)COC(=O)N3)CC1. The van der Waals surface area contributed by atoms with E-state index in [-0.39, 0.29) is 17.6 Å². The Morgan fingerprint density at radius 2 is 1.70 bits per heavy atom. The Morgan fingerprint density at radius 3 is 2.43 bits per heavy atom. The summed E-state index contributed by atoms with van der Waals surface area (Å²) in [4.78, 5) is 14.1. The highest BCUT2D eigenvalue weighted by Crippen LogP contribution is 2.49. The van der Waals surface area contributed by atoms with Gasteiger partial charge in [0.25, 0.3) is 0 Å². The minimum Gasteiger partial charge on any atom is -0.444 e. The number of hydrogen-bond acceptors (Lipinski definition) is 4. The summed E-state index contributed by atoms with van der Waals surface area (Å²) in [6.45, 7) is 6.29. The molecule has 2 heterocycles. The Kier molecular flexibility index (Phi) is 8.22. The number of ether oxygens (including phenoxy) is 2. The van der Waals surface area contributed by atoms with Gasteiger partial charge >= 0.3 is 6.09 Å². The fourth-order valence-electron chi connectivity index (χ4n) is 5.86. The van der Waals surface area contributed by atoms with Gasteiger partial charge in [-0.2, -0.15) is 0 Å². The third-order valence-electron chi connectivity index (χ3n) is 7.92. The number of nitrogens with zero attached hydrogens (tertiary/aromatic N) is 1. The molecule has 5 nitrogen and oxygen atoms in total. The largest absolute Gasteiger partial charge is 0.444 e. The zero-order chi connectivity index (χ0) is 25.5. The van der Waals surface area contributed by atoms with Crippen molar-refractivity contribution in [3.05, 3.63) is 101 Å². The number of anilines is 1. The van der Waals surface area contributed by atoms with Crippen molar-refractivity contribution in [2.45, 2.75) is 58.3 Å². The molecule has 0 aromatic heterocycles. The molecule has 3 aromatic carbocycles. The van der Waals surface area contributed by atoms with Crippen LogP contribution < -0.4 is 5.32 Å². The highest BCUT2D eigenvalue weighted by atomic mass is 16.5. The van der Waals surface area contributed by atoms with E-state index in [1.807, 2.05) is 6.07 Å². The van der Waals surface area contributed by atoms with Gasteiger partial charge in [-0.05, 0) is 74.0 Å². The van der Waals surface area contributed by atoms with Crippen LogP contribution in [0.4, 0.5) is 10.5 Å². The number of fused-ring (bicyclic) bond motifs is 1. The first-order valence-electron chi connectivity index (χ1n) is 13.6. The second-order valence-electron chi connectivity index (χ2n) is 10.5. The molecule has 0 radical (unpaired) electrons. The van der Waals surface area contributed by atoms with Crippen molar-refractivity contribution < 1.29 is 14.3 Å². The molecule has 1 saturated heterocycles. The van der Waals surface area contributed by atoms with Gasteiger partial charge in [-0.3, -0.25) is 10.2 Å². The second-order valence-corrected chi connectivity index (χ2v) is 10.5. The predicted octanol–water partition coefficient (Wildman–Crippen LogP) is 7.13. The molecular formula is C32H38N2O3. The Balaban J connectivity index is 1.33. The Hall–Kier alpha value is -3.15. The van der Waals surface area contributed by atoms with E-state index in [4.69, 9.17) is 9.47 Å². The first kappa shape index (κ1) is 25.5. The molecular weight excluding hydrogens is 460 g/mol. The lowest BCUT2D eigenvalue weighted by atomic mass is 9.68. The lowest BCUT2D eigenvalue weighted by molar-refractivity contribution is -0.0789. The smallest absolute Gasteiger partial charge is 0.411 e. The van der Waals surface area contributed by atoms with E-state index in [2.05, 4.69) is 89.9 Å². The Bertz CT molecular complexity index is 1160. The molecule has 0 bridgehead atoms. The first-order chi connectivity index (χ1) is 18.1. The maximum Gasteiger partial charge on any atom is 0.411 e. The molecule has 0 saturated carbocycles. The fourth-order valence-corrected chi connectivity index (χ4v) is 5.86. The standard InChI is InChI=1S/C32H38N2O3/c1-2-21-36-30(27-11-7-4-8-12-27)32(16-15-25-9-5-3-6-10-25)17-19-34(20-18-32)23-26-13-14-29-28(22-26)24-37-31(35)33-29/h3-14,22,30H,2,15-21,23-24H2,1H3,(H,33,35). The molecule has 1 unspecified atom stereocenters. The zero-order valence-electron chi connectivity index (χ0n) is 21.8. The third-order valence-corrected chi connectivity index (χ3v) is 7.92. The number of likely N-dealkylation sites (tertiary alicyclic amines) is 1. The van der Waals surface area contributed by atoms with Gasteiger partial charge in [0.2, 0.25) is 0 Å². The highest BCUT2D eigenvalue weighted by Gasteiger charge is 2.42. The summed E-state index contributed by atoms with van der Waals surface area (Å²) in [6.07, 6.45) is 5.14. The lowest BCUT2D eigenvalue weighted by Gasteiger charge is -2.47. The zero-order valence-corrected chi connectivity index (χ0v) is 21.8. The number of cyclic esters (lactones) is 1. The average Bonchev–Trinajstić information content (AvgIpc) is 2.94. The van der Waals surface area contributed by atoms with Crippen LogP contribution in [0.15, 0.2) is 78.9 Å². The van der Waals surface area contributed by atoms with Gasteiger partial charge in [0, 0.05) is 24.1 Å². The Morgan fingerprint density at radius 1 is 0.973 bits per heavy atom.